The number of carbonyl (C=O) groups is 1. The molecule has 21 heavy (non-hydrogen) atoms. The lowest BCUT2D eigenvalue weighted by molar-refractivity contribution is -0.149. The summed E-state index contributed by atoms with van der Waals surface area (Å²) in [5.74, 6) is -0.341. The van der Waals surface area contributed by atoms with Crippen LogP contribution < -0.4 is 4.87 Å². The van der Waals surface area contributed by atoms with Gasteiger partial charge in [-0.25, -0.2) is 0 Å². The molecule has 0 spiro atoms. The fourth-order valence-electron chi connectivity index (χ4n) is 3.83. The summed E-state index contributed by atoms with van der Waals surface area (Å²) in [5.41, 5.74) is 0.474. The SMILES string of the molecule is Cc1csc(=O)n1CCN1C[C@@H]2CCC[C@@]2(C(=O)O)C1.Cl. The normalized spacial score (nSPS) is 28.3. The van der Waals surface area contributed by atoms with Gasteiger partial charge in [-0.2, -0.15) is 0 Å². The summed E-state index contributed by atoms with van der Waals surface area (Å²) in [6.45, 7) is 4.88. The number of aryl methyl sites for hydroxylation is 1. The van der Waals surface area contributed by atoms with Crippen LogP contribution in [0.2, 0.25) is 0 Å². The van der Waals surface area contributed by atoms with E-state index in [4.69, 9.17) is 0 Å². The van der Waals surface area contributed by atoms with Crippen LogP contribution in [-0.4, -0.2) is 40.2 Å². The Morgan fingerprint density at radius 3 is 2.86 bits per heavy atom. The number of hydrogen-bond donors (Lipinski definition) is 1. The zero-order chi connectivity index (χ0) is 14.3. The second-order valence-electron chi connectivity index (χ2n) is 6.08. The number of likely N-dealkylation sites (tertiary alicyclic amines) is 1. The Bertz CT molecular complexity index is 585. The van der Waals surface area contributed by atoms with Crippen LogP contribution in [0.4, 0.5) is 0 Å². The molecule has 118 valence electrons. The molecule has 0 bridgehead atoms. The van der Waals surface area contributed by atoms with Gasteiger partial charge in [-0.05, 0) is 25.7 Å². The van der Waals surface area contributed by atoms with Gasteiger partial charge in [-0.3, -0.25) is 9.59 Å². The predicted molar refractivity (Wildman–Crippen MR) is 84.4 cm³/mol. The van der Waals surface area contributed by atoms with Crippen LogP contribution in [-0.2, 0) is 11.3 Å². The van der Waals surface area contributed by atoms with Gasteiger partial charge < -0.3 is 14.6 Å². The van der Waals surface area contributed by atoms with Crippen molar-refractivity contribution in [1.82, 2.24) is 9.47 Å². The summed E-state index contributed by atoms with van der Waals surface area (Å²) < 4.78 is 1.78. The first kappa shape index (κ1) is 16.5. The maximum atomic E-state index is 11.7. The molecule has 0 aromatic carbocycles. The molecule has 1 aliphatic heterocycles. The van der Waals surface area contributed by atoms with Crippen molar-refractivity contribution in [2.45, 2.75) is 32.7 Å². The highest BCUT2D eigenvalue weighted by molar-refractivity contribution is 7.07. The lowest BCUT2D eigenvalue weighted by Crippen LogP contribution is -2.36. The molecule has 1 aliphatic carbocycles. The topological polar surface area (TPSA) is 62.5 Å². The average molecular weight is 333 g/mol. The van der Waals surface area contributed by atoms with E-state index in [1.807, 2.05) is 12.3 Å². The Kier molecular flexibility index (Phi) is 4.80. The molecule has 2 aliphatic rings. The Labute approximate surface area is 134 Å². The number of halogens is 1. The monoisotopic (exact) mass is 332 g/mol. The van der Waals surface area contributed by atoms with Crippen molar-refractivity contribution >= 4 is 29.7 Å². The number of carboxylic acids is 1. The van der Waals surface area contributed by atoms with E-state index < -0.39 is 11.4 Å². The third-order valence-corrected chi connectivity index (χ3v) is 5.86. The van der Waals surface area contributed by atoms with Crippen molar-refractivity contribution in [3.8, 4) is 0 Å². The summed E-state index contributed by atoms with van der Waals surface area (Å²) in [7, 11) is 0. The van der Waals surface area contributed by atoms with Gasteiger partial charge in [-0.15, -0.1) is 12.4 Å². The maximum Gasteiger partial charge on any atom is 0.311 e. The minimum absolute atomic E-state index is 0. The van der Waals surface area contributed by atoms with E-state index in [2.05, 4.69) is 4.90 Å². The number of rotatable bonds is 4. The highest BCUT2D eigenvalue weighted by Gasteiger charge is 2.54. The minimum atomic E-state index is -0.633. The van der Waals surface area contributed by atoms with Crippen molar-refractivity contribution < 1.29 is 9.90 Å². The molecule has 1 saturated carbocycles. The fourth-order valence-corrected chi connectivity index (χ4v) is 4.59. The first-order valence-electron chi connectivity index (χ1n) is 7.13. The molecule has 2 fully saturated rings. The van der Waals surface area contributed by atoms with Crippen LogP contribution in [0.15, 0.2) is 10.2 Å². The van der Waals surface area contributed by atoms with Crippen LogP contribution in [0.3, 0.4) is 0 Å². The molecule has 0 amide bonds. The maximum absolute atomic E-state index is 11.7. The summed E-state index contributed by atoms with van der Waals surface area (Å²) in [6, 6.07) is 0. The molecule has 1 saturated heterocycles. The van der Waals surface area contributed by atoms with Gasteiger partial charge in [0.2, 0.25) is 0 Å². The van der Waals surface area contributed by atoms with Crippen molar-refractivity contribution in [3.63, 3.8) is 0 Å². The molecule has 1 aromatic rings. The van der Waals surface area contributed by atoms with E-state index in [-0.39, 0.29) is 17.3 Å². The molecule has 3 rings (SSSR count). The Balaban J connectivity index is 0.00000161. The molecule has 7 heteroatoms. The summed E-state index contributed by atoms with van der Waals surface area (Å²) in [6.07, 6.45) is 2.87. The van der Waals surface area contributed by atoms with Crippen molar-refractivity contribution in [1.29, 1.82) is 0 Å². The van der Waals surface area contributed by atoms with Crippen molar-refractivity contribution in [2.24, 2.45) is 11.3 Å². The first-order valence-corrected chi connectivity index (χ1v) is 8.01. The van der Waals surface area contributed by atoms with E-state index in [1.54, 1.807) is 4.57 Å². The molecular formula is C14H21ClN2O3S. The van der Waals surface area contributed by atoms with Crippen LogP contribution in [0.25, 0.3) is 0 Å². The number of hydrogen-bond acceptors (Lipinski definition) is 4. The Morgan fingerprint density at radius 2 is 2.29 bits per heavy atom. The van der Waals surface area contributed by atoms with E-state index >= 15 is 0 Å². The number of nitrogens with zero attached hydrogens (tertiary/aromatic N) is 2. The summed E-state index contributed by atoms with van der Waals surface area (Å²) >= 11 is 1.23. The number of fused-ring (bicyclic) bond motifs is 1. The van der Waals surface area contributed by atoms with Crippen LogP contribution in [0, 0.1) is 18.3 Å². The molecule has 5 nitrogen and oxygen atoms in total. The number of aromatic nitrogens is 1. The third-order valence-electron chi connectivity index (χ3n) is 4.98. The molecule has 0 unspecified atom stereocenters. The molecular weight excluding hydrogens is 312 g/mol. The number of carboxylic acid groups (broad SMARTS) is 1. The van der Waals surface area contributed by atoms with Crippen molar-refractivity contribution in [2.75, 3.05) is 19.6 Å². The van der Waals surface area contributed by atoms with Crippen LogP contribution >= 0.6 is 23.7 Å². The molecule has 1 N–H and O–H groups in total. The van der Waals surface area contributed by atoms with Gasteiger partial charge in [-0.1, -0.05) is 17.8 Å². The standard InChI is InChI=1S/C14H20N2O3S.ClH/c1-10-8-20-13(19)16(10)6-5-15-7-11-3-2-4-14(11,9-15)12(17)18;/h8,11H,2-7,9H2,1H3,(H,17,18);1H/t11-,14+;/m0./s1. The molecule has 0 radical (unpaired) electrons. The average Bonchev–Trinajstić information content (AvgIpc) is 3.01. The van der Waals surface area contributed by atoms with Crippen molar-refractivity contribution in [3.05, 3.63) is 20.7 Å². The highest BCUT2D eigenvalue weighted by atomic mass is 35.5. The predicted octanol–water partition coefficient (Wildman–Crippen LogP) is 1.83. The van der Waals surface area contributed by atoms with Gasteiger partial charge in [0.15, 0.2) is 0 Å². The highest BCUT2D eigenvalue weighted by Crippen LogP contribution is 2.48. The van der Waals surface area contributed by atoms with E-state index in [0.717, 1.165) is 38.0 Å². The van der Waals surface area contributed by atoms with Gasteiger partial charge in [0, 0.05) is 37.3 Å². The fraction of sp³-hybridized carbons (Fsp3) is 0.714. The van der Waals surface area contributed by atoms with Gasteiger partial charge in [0.25, 0.3) is 0 Å². The second kappa shape index (κ2) is 6.10. The summed E-state index contributed by atoms with van der Waals surface area (Å²) in [5, 5.41) is 11.4. The minimum Gasteiger partial charge on any atom is -0.481 e. The van der Waals surface area contributed by atoms with E-state index in [0.29, 0.717) is 19.0 Å². The van der Waals surface area contributed by atoms with Crippen LogP contribution in [0.5, 0.6) is 0 Å². The zero-order valence-corrected chi connectivity index (χ0v) is 13.7. The molecule has 2 atom stereocenters. The Hall–Kier alpha value is -0.850. The third kappa shape index (κ3) is 2.76. The van der Waals surface area contributed by atoms with E-state index in [1.165, 1.54) is 11.3 Å². The Morgan fingerprint density at radius 1 is 1.52 bits per heavy atom. The van der Waals surface area contributed by atoms with Gasteiger partial charge >= 0.3 is 10.8 Å². The molecule has 1 aromatic heterocycles. The zero-order valence-electron chi connectivity index (χ0n) is 12.1. The lowest BCUT2D eigenvalue weighted by Gasteiger charge is -2.23. The largest absolute Gasteiger partial charge is 0.481 e. The molecule has 2 heterocycles. The first-order chi connectivity index (χ1) is 9.53. The van der Waals surface area contributed by atoms with Gasteiger partial charge in [0.1, 0.15) is 0 Å². The quantitative estimate of drug-likeness (QED) is 0.913. The smallest absolute Gasteiger partial charge is 0.311 e. The number of thiazole rings is 1. The van der Waals surface area contributed by atoms with Gasteiger partial charge in [0.05, 0.1) is 5.41 Å². The van der Waals surface area contributed by atoms with E-state index in [9.17, 15) is 14.7 Å². The second-order valence-corrected chi connectivity index (χ2v) is 6.90. The van der Waals surface area contributed by atoms with Crippen LogP contribution in [0.1, 0.15) is 25.0 Å². The lowest BCUT2D eigenvalue weighted by atomic mass is 9.81. The number of aliphatic carboxylic acids is 1. The summed E-state index contributed by atoms with van der Waals surface area (Å²) in [4.78, 5) is 25.6.